The summed E-state index contributed by atoms with van der Waals surface area (Å²) in [5.74, 6) is 0. The molecule has 0 aromatic heterocycles. The smallest absolute Gasteiger partial charge is 0.0205 e. The topological polar surface area (TPSA) is 24.1 Å². The molecule has 0 aromatic rings. The summed E-state index contributed by atoms with van der Waals surface area (Å²) >= 11 is 0. The Kier molecular flexibility index (Phi) is 18.4. The van der Waals surface area contributed by atoms with E-state index in [9.17, 15) is 0 Å². The van der Waals surface area contributed by atoms with Crippen LogP contribution in [0.4, 0.5) is 0 Å². The van der Waals surface area contributed by atoms with E-state index < -0.39 is 0 Å². The van der Waals surface area contributed by atoms with Gasteiger partial charge in [0.1, 0.15) is 0 Å². The molecule has 0 unspecified atom stereocenters. The van der Waals surface area contributed by atoms with Crippen LogP contribution in [0.15, 0.2) is 36.0 Å². The fourth-order valence-corrected chi connectivity index (χ4v) is 1.80. The van der Waals surface area contributed by atoms with Gasteiger partial charge in [-0.1, -0.05) is 58.1 Å². The van der Waals surface area contributed by atoms with Crippen molar-refractivity contribution in [1.29, 1.82) is 0 Å². The van der Waals surface area contributed by atoms with Crippen LogP contribution in [0.5, 0.6) is 0 Å². The van der Waals surface area contributed by atoms with E-state index in [4.69, 9.17) is 0 Å². The molecule has 2 nitrogen and oxygen atoms in total. The Morgan fingerprint density at radius 2 is 1.67 bits per heavy atom. The van der Waals surface area contributed by atoms with Crippen molar-refractivity contribution in [2.45, 2.75) is 66.8 Å². The van der Waals surface area contributed by atoms with E-state index in [1.165, 1.54) is 30.4 Å². The second-order valence-corrected chi connectivity index (χ2v) is 5.19. The zero-order valence-electron chi connectivity index (χ0n) is 15.3. The summed E-state index contributed by atoms with van der Waals surface area (Å²) in [6, 6.07) is 0.682. The van der Waals surface area contributed by atoms with Gasteiger partial charge in [0.15, 0.2) is 0 Å². The van der Waals surface area contributed by atoms with Crippen molar-refractivity contribution in [3.8, 4) is 0 Å². The van der Waals surface area contributed by atoms with Crippen LogP contribution in [0.25, 0.3) is 0 Å². The Labute approximate surface area is 133 Å². The molecule has 0 saturated heterocycles. The molecule has 21 heavy (non-hydrogen) atoms. The lowest BCUT2D eigenvalue weighted by Crippen LogP contribution is -2.30. The Balaban J connectivity index is 0. The van der Waals surface area contributed by atoms with E-state index >= 15 is 0 Å². The van der Waals surface area contributed by atoms with Crippen LogP contribution in [-0.2, 0) is 0 Å². The first-order valence-corrected chi connectivity index (χ1v) is 8.54. The molecule has 0 aliphatic heterocycles. The fraction of sp³-hybridized carbons (Fsp3) is 0.684. The maximum absolute atomic E-state index is 3.85. The third-order valence-electron chi connectivity index (χ3n) is 3.17. The zero-order chi connectivity index (χ0) is 16.5. The molecule has 124 valence electrons. The van der Waals surface area contributed by atoms with E-state index in [-0.39, 0.29) is 0 Å². The van der Waals surface area contributed by atoms with Gasteiger partial charge >= 0.3 is 0 Å². The van der Waals surface area contributed by atoms with Crippen molar-refractivity contribution < 1.29 is 0 Å². The molecule has 0 amide bonds. The van der Waals surface area contributed by atoms with Crippen molar-refractivity contribution in [2.24, 2.45) is 0 Å². The third kappa shape index (κ3) is 15.3. The van der Waals surface area contributed by atoms with Crippen LogP contribution in [-0.4, -0.2) is 25.7 Å². The highest BCUT2D eigenvalue weighted by atomic mass is 14.9. The van der Waals surface area contributed by atoms with Gasteiger partial charge in [-0.05, 0) is 51.8 Å². The van der Waals surface area contributed by atoms with Gasteiger partial charge in [-0.2, -0.15) is 0 Å². The summed E-state index contributed by atoms with van der Waals surface area (Å²) in [5.41, 5.74) is 2.56. The molecule has 0 spiro atoms. The van der Waals surface area contributed by atoms with Crippen LogP contribution < -0.4 is 10.6 Å². The van der Waals surface area contributed by atoms with Gasteiger partial charge in [-0.3, -0.25) is 0 Å². The lowest BCUT2D eigenvalue weighted by Gasteiger charge is -2.14. The Hall–Kier alpha value is -0.860. The maximum Gasteiger partial charge on any atom is 0.0205 e. The van der Waals surface area contributed by atoms with Crippen LogP contribution in [0.3, 0.4) is 0 Å². The molecular formula is C19H38N2. The van der Waals surface area contributed by atoms with Gasteiger partial charge in [0.2, 0.25) is 0 Å². The predicted molar refractivity (Wildman–Crippen MR) is 98.9 cm³/mol. The Morgan fingerprint density at radius 3 is 2.14 bits per heavy atom. The second-order valence-electron chi connectivity index (χ2n) is 5.19. The lowest BCUT2D eigenvalue weighted by molar-refractivity contribution is 0.474. The van der Waals surface area contributed by atoms with Gasteiger partial charge in [0.05, 0.1) is 0 Å². The number of allylic oxidation sites excluding steroid dienone is 3. The molecule has 2 N–H and O–H groups in total. The lowest BCUT2D eigenvalue weighted by atomic mass is 10.1. The van der Waals surface area contributed by atoms with E-state index in [1.807, 2.05) is 19.9 Å². The summed E-state index contributed by atoms with van der Waals surface area (Å²) in [6.45, 7) is 19.6. The van der Waals surface area contributed by atoms with Crippen molar-refractivity contribution in [3.05, 3.63) is 36.0 Å². The van der Waals surface area contributed by atoms with Crippen molar-refractivity contribution in [2.75, 3.05) is 19.6 Å². The average molecular weight is 295 g/mol. The minimum absolute atomic E-state index is 0.682. The van der Waals surface area contributed by atoms with Gasteiger partial charge in [-0.25, -0.2) is 0 Å². The first-order valence-electron chi connectivity index (χ1n) is 8.54. The van der Waals surface area contributed by atoms with E-state index in [2.05, 4.69) is 57.1 Å². The maximum atomic E-state index is 3.85. The Bertz CT molecular complexity index is 282. The largest absolute Gasteiger partial charge is 0.314 e. The van der Waals surface area contributed by atoms with E-state index in [0.29, 0.717) is 6.04 Å². The summed E-state index contributed by atoms with van der Waals surface area (Å²) in [7, 11) is 0. The molecule has 0 rings (SSSR count). The summed E-state index contributed by atoms with van der Waals surface area (Å²) in [6.07, 6.45) is 9.80. The molecule has 2 heteroatoms. The number of nitrogens with one attached hydrogen (secondary N) is 2. The van der Waals surface area contributed by atoms with E-state index in [1.54, 1.807) is 0 Å². The monoisotopic (exact) mass is 294 g/mol. The normalized spacial score (nSPS) is 10.9. The molecule has 0 bridgehead atoms. The standard InChI is InChI=1S/C17H32N2.C2H6/c1-6-16(11-10-15(4)5)14-18-12-9-13-19-17(7-2)8-3;1-2/h6,10-11,17-19H,1,7-9,12-14H2,2-5H3;1-2H3/b16-11+;. The van der Waals surface area contributed by atoms with Gasteiger partial charge in [0.25, 0.3) is 0 Å². The second kappa shape index (κ2) is 17.2. The molecule has 0 saturated carbocycles. The molecule has 0 atom stereocenters. The number of hydrogen-bond donors (Lipinski definition) is 2. The summed E-state index contributed by atoms with van der Waals surface area (Å²) < 4.78 is 0. The molecule has 0 aliphatic rings. The quantitative estimate of drug-likeness (QED) is 0.420. The van der Waals surface area contributed by atoms with Crippen LogP contribution >= 0.6 is 0 Å². The van der Waals surface area contributed by atoms with Crippen molar-refractivity contribution in [3.63, 3.8) is 0 Å². The Morgan fingerprint density at radius 1 is 1.05 bits per heavy atom. The van der Waals surface area contributed by atoms with Gasteiger partial charge in [0, 0.05) is 12.6 Å². The van der Waals surface area contributed by atoms with Crippen LogP contribution in [0.2, 0.25) is 0 Å². The first kappa shape index (κ1) is 22.4. The highest BCUT2D eigenvalue weighted by molar-refractivity contribution is 5.24. The summed E-state index contributed by atoms with van der Waals surface area (Å²) in [4.78, 5) is 0. The van der Waals surface area contributed by atoms with Crippen LogP contribution in [0.1, 0.15) is 60.8 Å². The zero-order valence-corrected chi connectivity index (χ0v) is 15.3. The molecule has 0 fully saturated rings. The minimum Gasteiger partial charge on any atom is -0.314 e. The van der Waals surface area contributed by atoms with E-state index in [0.717, 1.165) is 19.6 Å². The average Bonchev–Trinajstić information content (AvgIpc) is 2.51. The number of hydrogen-bond acceptors (Lipinski definition) is 2. The van der Waals surface area contributed by atoms with Crippen molar-refractivity contribution in [1.82, 2.24) is 10.6 Å². The molecular weight excluding hydrogens is 256 g/mol. The predicted octanol–water partition coefficient (Wildman–Crippen LogP) is 4.85. The van der Waals surface area contributed by atoms with Gasteiger partial charge in [-0.15, -0.1) is 0 Å². The highest BCUT2D eigenvalue weighted by Gasteiger charge is 2.00. The van der Waals surface area contributed by atoms with Crippen molar-refractivity contribution >= 4 is 0 Å². The first-order chi connectivity index (χ1) is 10.1. The molecule has 0 heterocycles. The third-order valence-corrected chi connectivity index (χ3v) is 3.17. The van der Waals surface area contributed by atoms with Crippen LogP contribution in [0, 0.1) is 0 Å². The minimum atomic E-state index is 0.682. The molecule has 0 aromatic carbocycles. The van der Waals surface area contributed by atoms with Gasteiger partial charge < -0.3 is 10.6 Å². The fourth-order valence-electron chi connectivity index (χ4n) is 1.80. The SMILES string of the molecule is C=C/C(=C\C=C(C)C)CNCCCNC(CC)CC.CC. The number of rotatable bonds is 11. The molecule has 0 aliphatic carbocycles. The summed E-state index contributed by atoms with van der Waals surface area (Å²) in [5, 5.41) is 7.04. The molecule has 0 radical (unpaired) electrons. The highest BCUT2D eigenvalue weighted by Crippen LogP contribution is 1.98.